The molecule has 2 aromatic carbocycles. The second kappa shape index (κ2) is 25.2. The van der Waals surface area contributed by atoms with Crippen molar-refractivity contribution in [1.82, 2.24) is 15.5 Å². The van der Waals surface area contributed by atoms with E-state index in [0.29, 0.717) is 19.4 Å². The zero-order valence-electron chi connectivity index (χ0n) is 33.2. The Balaban J connectivity index is 2.13. The second-order valence-corrected chi connectivity index (χ2v) is 15.4. The molecule has 0 unspecified atom stereocenters. The molecular weight excluding hydrogens is 744 g/mol. The summed E-state index contributed by atoms with van der Waals surface area (Å²) >= 11 is 0. The zero-order valence-corrected chi connectivity index (χ0v) is 33.2. The van der Waals surface area contributed by atoms with Crippen molar-refractivity contribution in [1.29, 1.82) is 0 Å². The predicted molar refractivity (Wildman–Crippen MR) is 212 cm³/mol. The number of nitrogens with one attached hydrogen (secondary N) is 2. The summed E-state index contributed by atoms with van der Waals surface area (Å²) in [6.45, 7) is 2.72. The van der Waals surface area contributed by atoms with Gasteiger partial charge >= 0.3 is 6.09 Å². The minimum Gasteiger partial charge on any atom is -0.444 e. The van der Waals surface area contributed by atoms with Crippen molar-refractivity contribution in [2.24, 2.45) is 5.73 Å². The Kier molecular flexibility index (Phi) is 22.1. The van der Waals surface area contributed by atoms with Crippen LogP contribution in [-0.4, -0.2) is 174 Å². The fourth-order valence-electron chi connectivity index (χ4n) is 5.99. The van der Waals surface area contributed by atoms with E-state index in [1.807, 2.05) is 24.3 Å². The molecule has 0 fully saturated rings. The molecular formula is C40H66N4O13. The second-order valence-electron chi connectivity index (χ2n) is 15.4. The van der Waals surface area contributed by atoms with Crippen LogP contribution >= 0.6 is 0 Å². The topological polar surface area (TPSA) is 299 Å². The fraction of sp³-hybridized carbons (Fsp3) is 0.650. The highest BCUT2D eigenvalue weighted by Gasteiger charge is 2.35. The number of aryl methyl sites for hydroxylation is 2. The molecule has 17 heteroatoms. The van der Waals surface area contributed by atoms with E-state index >= 15 is 0 Å². The lowest BCUT2D eigenvalue weighted by Crippen LogP contribution is -2.54. The molecule has 324 valence electrons. The van der Waals surface area contributed by atoms with Crippen molar-refractivity contribution in [2.75, 3.05) is 45.9 Å². The van der Waals surface area contributed by atoms with Gasteiger partial charge in [-0.05, 0) is 88.1 Å². The number of amides is 2. The van der Waals surface area contributed by atoms with Crippen molar-refractivity contribution >= 4 is 12.0 Å². The molecule has 17 nitrogen and oxygen atoms in total. The number of nitrogens with two attached hydrogens (primary N) is 1. The lowest BCUT2D eigenvalue weighted by atomic mass is 9.99. The molecule has 0 aliphatic heterocycles. The number of carbonyl (C=O) groups excluding carboxylic acids is 2. The SMILES string of the molecule is CC(C)(C)OC(=O)N[C@@H](CCN(C[C@H](O)[C@@H](O)[C@H](O)[C@H](O)CO)C[C@H](O)[C@@H](O)[C@H](O)[C@H](O)CO)C(=O)NCCCc1ccc(-c2ccc(CCCCN)cc2)cc1. The summed E-state index contributed by atoms with van der Waals surface area (Å²) in [7, 11) is 0. The summed E-state index contributed by atoms with van der Waals surface area (Å²) in [6.07, 6.45) is -12.0. The number of benzene rings is 2. The number of carbonyl (C=O) groups is 2. The standard InChI is InChI=1S/C40H66N4O13/c1-40(2,3)57-39(56)43-29(17-20-44(21-30(47)34(51)36(53)32(49)23-45)22-31(48)35(52)37(54)33(50)24-46)38(55)42-19-6-8-26-11-15-28(16-12-26)27-13-9-25(10-14-27)7-4-5-18-41/h9-16,29-37,45-54H,4-8,17-24,41H2,1-3H3,(H,42,55)(H,43,56)/t29-,30-,31-,32+,33+,34+,35+,36+,37+/m0/s1. The molecule has 0 aromatic heterocycles. The molecule has 0 aliphatic carbocycles. The van der Waals surface area contributed by atoms with E-state index < -0.39 is 98.8 Å². The third-order valence-electron chi connectivity index (χ3n) is 9.39. The smallest absolute Gasteiger partial charge is 0.408 e. The Morgan fingerprint density at radius 3 is 1.54 bits per heavy atom. The third-order valence-corrected chi connectivity index (χ3v) is 9.39. The Bertz CT molecular complexity index is 1400. The number of hydrogen-bond acceptors (Lipinski definition) is 15. The average molecular weight is 811 g/mol. The van der Waals surface area contributed by atoms with E-state index in [4.69, 9.17) is 20.7 Å². The monoisotopic (exact) mass is 810 g/mol. The van der Waals surface area contributed by atoms with Crippen LogP contribution < -0.4 is 16.4 Å². The Labute approximate surface area is 334 Å². The van der Waals surface area contributed by atoms with Gasteiger partial charge in [0.25, 0.3) is 0 Å². The Morgan fingerprint density at radius 1 is 0.684 bits per heavy atom. The molecule has 0 spiro atoms. The first-order valence-electron chi connectivity index (χ1n) is 19.4. The van der Waals surface area contributed by atoms with Gasteiger partial charge in [-0.15, -0.1) is 0 Å². The highest BCUT2D eigenvalue weighted by molar-refractivity contribution is 5.85. The third kappa shape index (κ3) is 18.0. The van der Waals surface area contributed by atoms with E-state index in [1.165, 1.54) is 10.5 Å². The number of hydrogen-bond donors (Lipinski definition) is 13. The number of alkyl carbamates (subject to hydrolysis) is 1. The van der Waals surface area contributed by atoms with Crippen molar-refractivity contribution < 1.29 is 65.4 Å². The number of nitrogens with zero attached hydrogens (tertiary/aromatic N) is 1. The quantitative estimate of drug-likeness (QED) is 0.0464. The van der Waals surface area contributed by atoms with Crippen molar-refractivity contribution in [2.45, 2.75) is 120 Å². The van der Waals surface area contributed by atoms with Gasteiger partial charge in [-0.3, -0.25) is 9.69 Å². The van der Waals surface area contributed by atoms with Gasteiger partial charge in [0.1, 0.15) is 48.3 Å². The van der Waals surface area contributed by atoms with Gasteiger partial charge < -0.3 is 72.2 Å². The van der Waals surface area contributed by atoms with E-state index in [2.05, 4.69) is 34.9 Å². The normalized spacial score (nSPS) is 16.8. The predicted octanol–water partition coefficient (Wildman–Crippen LogP) is -1.86. The maximum atomic E-state index is 13.5. The number of aliphatic hydroxyl groups excluding tert-OH is 10. The fourth-order valence-corrected chi connectivity index (χ4v) is 5.99. The molecule has 0 heterocycles. The first-order chi connectivity index (χ1) is 26.9. The molecule has 14 N–H and O–H groups in total. The van der Waals surface area contributed by atoms with Gasteiger partial charge in [0, 0.05) is 26.2 Å². The lowest BCUT2D eigenvalue weighted by Gasteiger charge is -2.34. The summed E-state index contributed by atoms with van der Waals surface area (Å²) in [5.74, 6) is -0.577. The lowest BCUT2D eigenvalue weighted by molar-refractivity contribution is -0.131. The van der Waals surface area contributed by atoms with Crippen LogP contribution in [0.4, 0.5) is 4.79 Å². The average Bonchev–Trinajstić information content (AvgIpc) is 3.18. The van der Waals surface area contributed by atoms with Crippen LogP contribution in [0.3, 0.4) is 0 Å². The van der Waals surface area contributed by atoms with Crippen molar-refractivity contribution in [3.05, 3.63) is 59.7 Å². The van der Waals surface area contributed by atoms with Crippen LogP contribution in [0.2, 0.25) is 0 Å². The summed E-state index contributed by atoms with van der Waals surface area (Å²) in [5.41, 5.74) is 9.20. The van der Waals surface area contributed by atoms with Gasteiger partial charge in [0.2, 0.25) is 5.91 Å². The van der Waals surface area contributed by atoms with E-state index in [0.717, 1.165) is 36.0 Å². The molecule has 2 amide bonds. The van der Waals surface area contributed by atoms with E-state index in [-0.39, 0.29) is 19.5 Å². The number of rotatable bonds is 26. The van der Waals surface area contributed by atoms with Crippen LogP contribution in [0.25, 0.3) is 11.1 Å². The summed E-state index contributed by atoms with van der Waals surface area (Å²) < 4.78 is 5.35. The van der Waals surface area contributed by atoms with Gasteiger partial charge in [-0.2, -0.15) is 0 Å². The number of aliphatic hydroxyl groups is 10. The van der Waals surface area contributed by atoms with Crippen LogP contribution in [-0.2, 0) is 22.4 Å². The van der Waals surface area contributed by atoms with Crippen LogP contribution in [0.1, 0.15) is 57.6 Å². The van der Waals surface area contributed by atoms with Crippen molar-refractivity contribution in [3.8, 4) is 11.1 Å². The minimum absolute atomic E-state index is 0.170. The van der Waals surface area contributed by atoms with Gasteiger partial charge in [-0.1, -0.05) is 48.5 Å². The molecule has 0 radical (unpaired) electrons. The van der Waals surface area contributed by atoms with E-state index in [9.17, 15) is 50.4 Å². The first-order valence-corrected chi connectivity index (χ1v) is 19.4. The molecule has 0 bridgehead atoms. The largest absolute Gasteiger partial charge is 0.444 e. The molecule has 9 atom stereocenters. The van der Waals surface area contributed by atoms with Gasteiger partial charge in [0.15, 0.2) is 0 Å². The minimum atomic E-state index is -1.99. The Morgan fingerprint density at radius 2 is 1.12 bits per heavy atom. The summed E-state index contributed by atoms with van der Waals surface area (Å²) in [6, 6.07) is 15.4. The van der Waals surface area contributed by atoms with Crippen LogP contribution in [0.15, 0.2) is 48.5 Å². The molecule has 2 rings (SSSR count). The van der Waals surface area contributed by atoms with Crippen LogP contribution in [0, 0.1) is 0 Å². The molecule has 0 saturated heterocycles. The summed E-state index contributed by atoms with van der Waals surface area (Å²) in [4.78, 5) is 27.5. The summed E-state index contributed by atoms with van der Waals surface area (Å²) in [5, 5.41) is 106. The van der Waals surface area contributed by atoms with E-state index in [1.54, 1.807) is 20.8 Å². The zero-order chi connectivity index (χ0) is 42.7. The molecule has 0 saturated carbocycles. The highest BCUT2D eigenvalue weighted by Crippen LogP contribution is 2.22. The highest BCUT2D eigenvalue weighted by atomic mass is 16.6. The van der Waals surface area contributed by atoms with Gasteiger partial charge in [-0.25, -0.2) is 4.79 Å². The number of ether oxygens (including phenoxy) is 1. The van der Waals surface area contributed by atoms with Crippen molar-refractivity contribution in [3.63, 3.8) is 0 Å². The number of unbranched alkanes of at least 4 members (excludes halogenated alkanes) is 1. The molecule has 2 aromatic rings. The maximum absolute atomic E-state index is 13.5. The maximum Gasteiger partial charge on any atom is 0.408 e. The molecule has 57 heavy (non-hydrogen) atoms. The van der Waals surface area contributed by atoms with Crippen LogP contribution in [0.5, 0.6) is 0 Å². The first kappa shape index (κ1) is 49.8. The Hall–Kier alpha value is -3.30. The molecule has 0 aliphatic rings. The van der Waals surface area contributed by atoms with Gasteiger partial charge in [0.05, 0.1) is 25.4 Å².